The molecule has 0 radical (unpaired) electrons. The molecule has 2 aromatic heterocycles. The molecule has 2 aromatic carbocycles. The van der Waals surface area contributed by atoms with E-state index in [4.69, 9.17) is 13.6 Å². The fraction of sp³-hybridized carbons (Fsp3) is 0.0625. The first-order valence-corrected chi connectivity index (χ1v) is 6.62. The standard InChI is InChI=1S/C16H10O7/c1-21-9-3-2-7-11-14(20)12-8(18)4-6(17)5-10(12)22-16(11)23-15(7)13(9)19/h2-5,17-19H,1H3. The summed E-state index contributed by atoms with van der Waals surface area (Å²) in [6, 6.07) is 5.30. The quantitative estimate of drug-likeness (QED) is 0.495. The third kappa shape index (κ3) is 1.67. The van der Waals surface area contributed by atoms with Gasteiger partial charge in [-0.1, -0.05) is 0 Å². The van der Waals surface area contributed by atoms with Gasteiger partial charge in [0.15, 0.2) is 11.3 Å². The molecule has 7 nitrogen and oxygen atoms in total. The van der Waals surface area contributed by atoms with Gasteiger partial charge in [0.1, 0.15) is 27.9 Å². The van der Waals surface area contributed by atoms with Gasteiger partial charge in [0.2, 0.25) is 11.2 Å². The summed E-state index contributed by atoms with van der Waals surface area (Å²) in [5.74, 6) is -0.840. The molecule has 0 bridgehead atoms. The third-order valence-corrected chi connectivity index (χ3v) is 3.71. The molecule has 0 fully saturated rings. The van der Waals surface area contributed by atoms with Gasteiger partial charge >= 0.3 is 5.78 Å². The van der Waals surface area contributed by atoms with Crippen molar-refractivity contribution in [2.75, 3.05) is 7.11 Å². The Balaban J connectivity index is 2.27. The van der Waals surface area contributed by atoms with Crippen LogP contribution in [0.2, 0.25) is 0 Å². The van der Waals surface area contributed by atoms with Gasteiger partial charge in [-0.15, -0.1) is 0 Å². The first-order valence-electron chi connectivity index (χ1n) is 6.62. The van der Waals surface area contributed by atoms with E-state index >= 15 is 0 Å². The number of phenols is 3. The van der Waals surface area contributed by atoms with Crippen LogP contribution in [-0.4, -0.2) is 22.4 Å². The summed E-state index contributed by atoms with van der Waals surface area (Å²) in [7, 11) is 1.39. The molecule has 4 aromatic rings. The summed E-state index contributed by atoms with van der Waals surface area (Å²) in [5.41, 5.74) is -0.508. The summed E-state index contributed by atoms with van der Waals surface area (Å²) >= 11 is 0. The molecule has 0 aliphatic carbocycles. The lowest BCUT2D eigenvalue weighted by molar-refractivity contribution is 0.371. The second-order valence-electron chi connectivity index (χ2n) is 5.03. The summed E-state index contributed by atoms with van der Waals surface area (Å²) < 4.78 is 15.9. The van der Waals surface area contributed by atoms with Crippen LogP contribution in [0.1, 0.15) is 0 Å². The fourth-order valence-electron chi connectivity index (χ4n) is 2.68. The van der Waals surface area contributed by atoms with Crippen molar-refractivity contribution in [3.63, 3.8) is 0 Å². The van der Waals surface area contributed by atoms with Crippen LogP contribution in [0.25, 0.3) is 33.1 Å². The number of hydrogen-bond donors (Lipinski definition) is 3. The highest BCUT2D eigenvalue weighted by Gasteiger charge is 2.21. The zero-order chi connectivity index (χ0) is 16.3. The van der Waals surface area contributed by atoms with Crippen LogP contribution in [0.5, 0.6) is 23.0 Å². The highest BCUT2D eigenvalue weighted by molar-refractivity contribution is 6.09. The Labute approximate surface area is 127 Å². The zero-order valence-electron chi connectivity index (χ0n) is 11.8. The second kappa shape index (κ2) is 4.33. The number of hydrogen-bond acceptors (Lipinski definition) is 7. The minimum Gasteiger partial charge on any atom is -0.508 e. The molecule has 0 saturated heterocycles. The topological polar surface area (TPSA) is 113 Å². The molecule has 0 amide bonds. The van der Waals surface area contributed by atoms with Gasteiger partial charge in [-0.3, -0.25) is 4.79 Å². The molecule has 0 saturated carbocycles. The smallest absolute Gasteiger partial charge is 0.302 e. The Morgan fingerprint density at radius 1 is 1.04 bits per heavy atom. The number of phenolic OH excluding ortho intramolecular Hbond substituents is 3. The van der Waals surface area contributed by atoms with E-state index in [0.29, 0.717) is 5.39 Å². The van der Waals surface area contributed by atoms with E-state index in [1.807, 2.05) is 0 Å². The maximum absolute atomic E-state index is 12.7. The number of fused-ring (bicyclic) bond motifs is 4. The van der Waals surface area contributed by atoms with Gasteiger partial charge in [-0.2, -0.15) is 0 Å². The predicted octanol–water partition coefficient (Wildman–Crippen LogP) is 2.82. The Morgan fingerprint density at radius 3 is 2.57 bits per heavy atom. The van der Waals surface area contributed by atoms with Crippen LogP contribution >= 0.6 is 0 Å². The predicted molar refractivity (Wildman–Crippen MR) is 81.3 cm³/mol. The van der Waals surface area contributed by atoms with Crippen molar-refractivity contribution in [2.24, 2.45) is 0 Å². The fourth-order valence-corrected chi connectivity index (χ4v) is 2.68. The largest absolute Gasteiger partial charge is 0.508 e. The van der Waals surface area contributed by atoms with Crippen molar-refractivity contribution in [1.82, 2.24) is 0 Å². The molecule has 23 heavy (non-hydrogen) atoms. The first kappa shape index (κ1) is 13.3. The molecule has 0 aliphatic rings. The van der Waals surface area contributed by atoms with E-state index < -0.39 is 11.2 Å². The van der Waals surface area contributed by atoms with E-state index in [2.05, 4.69) is 0 Å². The van der Waals surface area contributed by atoms with Crippen LogP contribution in [0.15, 0.2) is 37.9 Å². The van der Waals surface area contributed by atoms with Gasteiger partial charge in [-0.05, 0) is 12.1 Å². The Hall–Kier alpha value is -3.35. The summed E-state index contributed by atoms with van der Waals surface area (Å²) in [4.78, 5) is 12.7. The molecular weight excluding hydrogens is 304 g/mol. The van der Waals surface area contributed by atoms with Crippen molar-refractivity contribution >= 4 is 33.1 Å². The average molecular weight is 314 g/mol. The maximum Gasteiger partial charge on any atom is 0.302 e. The van der Waals surface area contributed by atoms with E-state index in [-0.39, 0.29) is 45.0 Å². The Kier molecular flexibility index (Phi) is 2.51. The van der Waals surface area contributed by atoms with Crippen LogP contribution in [0.4, 0.5) is 0 Å². The molecule has 116 valence electrons. The molecule has 0 unspecified atom stereocenters. The van der Waals surface area contributed by atoms with Crippen LogP contribution in [0, 0.1) is 0 Å². The van der Waals surface area contributed by atoms with Crippen molar-refractivity contribution < 1.29 is 28.9 Å². The number of benzene rings is 2. The number of aromatic hydroxyl groups is 3. The van der Waals surface area contributed by atoms with Crippen molar-refractivity contribution in [3.05, 3.63) is 34.5 Å². The van der Waals surface area contributed by atoms with Crippen LogP contribution in [-0.2, 0) is 0 Å². The van der Waals surface area contributed by atoms with Crippen LogP contribution in [0.3, 0.4) is 0 Å². The highest BCUT2D eigenvalue weighted by atomic mass is 16.5. The average Bonchev–Trinajstić information content (AvgIpc) is 2.86. The van der Waals surface area contributed by atoms with E-state index in [1.165, 1.54) is 19.2 Å². The summed E-state index contributed by atoms with van der Waals surface area (Å²) in [6.45, 7) is 0. The molecule has 0 spiro atoms. The molecule has 0 atom stereocenters. The van der Waals surface area contributed by atoms with E-state index in [1.54, 1.807) is 6.07 Å². The number of methoxy groups -OCH3 is 1. The third-order valence-electron chi connectivity index (χ3n) is 3.71. The SMILES string of the molecule is COc1ccc2c(oc3oc4cc(O)cc(O)c4c(=O)c32)c1O. The molecule has 2 heterocycles. The van der Waals surface area contributed by atoms with Gasteiger partial charge < -0.3 is 28.9 Å². The lowest BCUT2D eigenvalue weighted by Crippen LogP contribution is -2.01. The van der Waals surface area contributed by atoms with Gasteiger partial charge in [0.05, 0.1) is 7.11 Å². The van der Waals surface area contributed by atoms with E-state index in [0.717, 1.165) is 6.07 Å². The second-order valence-corrected chi connectivity index (χ2v) is 5.03. The van der Waals surface area contributed by atoms with Crippen LogP contribution < -0.4 is 10.2 Å². The lowest BCUT2D eigenvalue weighted by atomic mass is 10.1. The minimum atomic E-state index is -0.526. The van der Waals surface area contributed by atoms with Gasteiger partial charge in [0.25, 0.3) is 0 Å². The minimum absolute atomic E-state index is 0.0227. The van der Waals surface area contributed by atoms with Crippen molar-refractivity contribution in [1.29, 1.82) is 0 Å². The normalized spacial score (nSPS) is 11.5. The Morgan fingerprint density at radius 2 is 1.83 bits per heavy atom. The molecule has 0 aliphatic heterocycles. The highest BCUT2D eigenvalue weighted by Crippen LogP contribution is 2.40. The molecule has 4 rings (SSSR count). The van der Waals surface area contributed by atoms with Crippen molar-refractivity contribution in [3.8, 4) is 23.0 Å². The molecule has 3 N–H and O–H groups in total. The van der Waals surface area contributed by atoms with Gasteiger partial charge in [-0.25, -0.2) is 0 Å². The summed E-state index contributed by atoms with van der Waals surface area (Å²) in [5, 5.41) is 29.9. The van der Waals surface area contributed by atoms with Gasteiger partial charge in [0, 0.05) is 17.5 Å². The molecule has 7 heteroatoms. The molecular formula is C16H10O7. The summed E-state index contributed by atoms with van der Waals surface area (Å²) in [6.07, 6.45) is 0. The lowest BCUT2D eigenvalue weighted by Gasteiger charge is -2.01. The number of furan rings is 1. The number of ether oxygens (including phenoxy) is 1. The first-order chi connectivity index (χ1) is 11.0. The van der Waals surface area contributed by atoms with E-state index in [9.17, 15) is 20.1 Å². The Bertz CT molecular complexity index is 1150. The maximum atomic E-state index is 12.7. The monoisotopic (exact) mass is 314 g/mol. The van der Waals surface area contributed by atoms with Crippen molar-refractivity contribution in [2.45, 2.75) is 0 Å². The number of rotatable bonds is 1. The zero-order valence-corrected chi connectivity index (χ0v) is 11.8.